The third kappa shape index (κ3) is 4.34. The minimum atomic E-state index is -0.0686. The molecule has 2 aromatic carbocycles. The van der Waals surface area contributed by atoms with Gasteiger partial charge < -0.3 is 29.3 Å². The van der Waals surface area contributed by atoms with Crippen LogP contribution in [0.1, 0.15) is 17.2 Å². The molecule has 0 amide bonds. The quantitative estimate of drug-likeness (QED) is 0.760. The number of phenolic OH excluding ortho intramolecular Hbond substituents is 2. The number of benzene rings is 2. The Bertz CT molecular complexity index is 808. The first kappa shape index (κ1) is 20.3. The van der Waals surface area contributed by atoms with Crippen LogP contribution in [0.2, 0.25) is 0 Å². The van der Waals surface area contributed by atoms with Crippen molar-refractivity contribution < 1.29 is 24.4 Å². The first-order valence-corrected chi connectivity index (χ1v) is 9.42. The van der Waals surface area contributed by atoms with Crippen molar-refractivity contribution in [3.8, 4) is 23.0 Å². The van der Waals surface area contributed by atoms with Crippen molar-refractivity contribution in [3.63, 3.8) is 0 Å². The summed E-state index contributed by atoms with van der Waals surface area (Å²) in [6.45, 7) is 1.53. The average Bonchev–Trinajstić information content (AvgIpc) is 3.05. The molecule has 0 aliphatic carbocycles. The Kier molecular flexibility index (Phi) is 6.31. The molecule has 2 N–H and O–H groups in total. The van der Waals surface area contributed by atoms with Gasteiger partial charge in [0.05, 0.1) is 26.9 Å². The summed E-state index contributed by atoms with van der Waals surface area (Å²) in [5.74, 6) is 1.82. The van der Waals surface area contributed by atoms with Gasteiger partial charge in [-0.25, -0.2) is 0 Å². The molecule has 1 fully saturated rings. The van der Waals surface area contributed by atoms with E-state index in [1.807, 2.05) is 24.3 Å². The van der Waals surface area contributed by atoms with Crippen molar-refractivity contribution in [1.82, 2.24) is 4.90 Å². The summed E-state index contributed by atoms with van der Waals surface area (Å²) in [5, 5.41) is 19.7. The number of aromatic hydroxyl groups is 2. The first-order valence-electron chi connectivity index (χ1n) is 9.42. The maximum absolute atomic E-state index is 9.90. The molecule has 1 heterocycles. The van der Waals surface area contributed by atoms with Crippen molar-refractivity contribution >= 4 is 0 Å². The van der Waals surface area contributed by atoms with E-state index in [0.717, 1.165) is 24.1 Å². The lowest BCUT2D eigenvalue weighted by molar-refractivity contribution is 0.0833. The minimum Gasteiger partial charge on any atom is -0.504 e. The SMILES string of the molecule is COc1cc(C[C@@H]2CO[C@@H](c3ccc(O)c(OC)c3)[C@@H]2CN(C)C)ccc1O. The Hall–Kier alpha value is -2.44. The smallest absolute Gasteiger partial charge is 0.160 e. The maximum Gasteiger partial charge on any atom is 0.160 e. The Morgan fingerprint density at radius 2 is 1.64 bits per heavy atom. The fraction of sp³-hybridized carbons (Fsp3) is 0.455. The van der Waals surface area contributed by atoms with Crippen molar-refractivity contribution in [2.45, 2.75) is 12.5 Å². The molecular formula is C22H29NO5. The van der Waals surface area contributed by atoms with E-state index in [1.165, 1.54) is 0 Å². The van der Waals surface area contributed by atoms with E-state index in [1.54, 1.807) is 26.4 Å². The lowest BCUT2D eigenvalue weighted by Gasteiger charge is -2.27. The highest BCUT2D eigenvalue weighted by Gasteiger charge is 2.38. The second kappa shape index (κ2) is 8.71. The first-order chi connectivity index (χ1) is 13.4. The summed E-state index contributed by atoms with van der Waals surface area (Å²) >= 11 is 0. The molecule has 3 rings (SSSR count). The molecule has 1 aliphatic heterocycles. The molecular weight excluding hydrogens is 358 g/mol. The monoisotopic (exact) mass is 387 g/mol. The van der Waals surface area contributed by atoms with Crippen LogP contribution < -0.4 is 9.47 Å². The molecule has 0 bridgehead atoms. The highest BCUT2D eigenvalue weighted by Crippen LogP contribution is 2.42. The molecule has 2 aromatic rings. The number of methoxy groups -OCH3 is 2. The molecule has 6 nitrogen and oxygen atoms in total. The van der Waals surface area contributed by atoms with E-state index in [9.17, 15) is 10.2 Å². The van der Waals surface area contributed by atoms with E-state index < -0.39 is 0 Å². The van der Waals surface area contributed by atoms with Crippen molar-refractivity contribution in [3.05, 3.63) is 47.5 Å². The summed E-state index contributed by atoms with van der Waals surface area (Å²) in [4.78, 5) is 2.17. The van der Waals surface area contributed by atoms with Crippen LogP contribution in [0.4, 0.5) is 0 Å². The summed E-state index contributed by atoms with van der Waals surface area (Å²) in [7, 11) is 7.23. The standard InChI is InChI=1S/C22H29NO5/c1-23(2)12-17-16(9-14-5-7-18(24)20(10-14)26-3)13-28-22(17)15-6-8-19(25)21(11-15)27-4/h5-8,10-11,16-17,22,24-25H,9,12-13H2,1-4H3/t16-,17-,22+/m1/s1. The summed E-state index contributed by atoms with van der Waals surface area (Å²) in [6, 6.07) is 10.9. The number of hydrogen-bond acceptors (Lipinski definition) is 6. The van der Waals surface area contributed by atoms with Gasteiger partial charge in [-0.1, -0.05) is 12.1 Å². The summed E-state index contributed by atoms with van der Waals surface area (Å²) in [5.41, 5.74) is 2.11. The molecule has 3 atom stereocenters. The Labute approximate surface area is 166 Å². The minimum absolute atomic E-state index is 0.0686. The largest absolute Gasteiger partial charge is 0.504 e. The molecule has 1 saturated heterocycles. The van der Waals surface area contributed by atoms with Gasteiger partial charge in [-0.3, -0.25) is 0 Å². The van der Waals surface area contributed by atoms with Crippen LogP contribution in [0.25, 0.3) is 0 Å². The van der Waals surface area contributed by atoms with E-state index in [4.69, 9.17) is 14.2 Å². The molecule has 1 aliphatic rings. The van der Waals surface area contributed by atoms with Gasteiger partial charge in [-0.2, -0.15) is 0 Å². The summed E-state index contributed by atoms with van der Waals surface area (Å²) in [6.07, 6.45) is 0.766. The summed E-state index contributed by atoms with van der Waals surface area (Å²) < 4.78 is 16.7. The molecule has 28 heavy (non-hydrogen) atoms. The molecule has 0 aromatic heterocycles. The fourth-order valence-electron chi connectivity index (χ4n) is 3.96. The number of ether oxygens (including phenoxy) is 3. The van der Waals surface area contributed by atoms with Crippen LogP contribution in [0.15, 0.2) is 36.4 Å². The van der Waals surface area contributed by atoms with Crippen LogP contribution in [0.3, 0.4) is 0 Å². The number of rotatable bonds is 7. The van der Waals surface area contributed by atoms with E-state index >= 15 is 0 Å². The second-order valence-electron chi connectivity index (χ2n) is 7.58. The molecule has 0 saturated carbocycles. The molecule has 6 heteroatoms. The maximum atomic E-state index is 9.90. The highest BCUT2D eigenvalue weighted by atomic mass is 16.5. The molecule has 0 unspecified atom stereocenters. The van der Waals surface area contributed by atoms with Gasteiger partial charge in [0.15, 0.2) is 23.0 Å². The van der Waals surface area contributed by atoms with Gasteiger partial charge in [-0.05, 0) is 61.8 Å². The average molecular weight is 387 g/mol. The molecule has 0 spiro atoms. The van der Waals surface area contributed by atoms with Crippen LogP contribution in [-0.2, 0) is 11.2 Å². The van der Waals surface area contributed by atoms with Gasteiger partial charge in [0.2, 0.25) is 0 Å². The van der Waals surface area contributed by atoms with Crippen LogP contribution >= 0.6 is 0 Å². The predicted molar refractivity (Wildman–Crippen MR) is 107 cm³/mol. The zero-order chi connectivity index (χ0) is 20.3. The van der Waals surface area contributed by atoms with E-state index in [0.29, 0.717) is 24.0 Å². The molecule has 0 radical (unpaired) electrons. The fourth-order valence-corrected chi connectivity index (χ4v) is 3.96. The third-order valence-electron chi connectivity index (χ3n) is 5.33. The lowest BCUT2D eigenvalue weighted by atomic mass is 9.83. The normalized spacial score (nSPS) is 21.8. The zero-order valence-corrected chi connectivity index (χ0v) is 16.9. The van der Waals surface area contributed by atoms with Gasteiger partial charge in [0.25, 0.3) is 0 Å². The van der Waals surface area contributed by atoms with Crippen molar-refractivity contribution in [2.24, 2.45) is 11.8 Å². The number of hydrogen-bond donors (Lipinski definition) is 2. The van der Waals surface area contributed by atoms with Crippen LogP contribution in [0, 0.1) is 11.8 Å². The van der Waals surface area contributed by atoms with Gasteiger partial charge >= 0.3 is 0 Å². The Morgan fingerprint density at radius 1 is 1.00 bits per heavy atom. The van der Waals surface area contributed by atoms with Crippen molar-refractivity contribution in [1.29, 1.82) is 0 Å². The van der Waals surface area contributed by atoms with Gasteiger partial charge in [0.1, 0.15) is 0 Å². The van der Waals surface area contributed by atoms with E-state index in [-0.39, 0.29) is 23.5 Å². The van der Waals surface area contributed by atoms with Gasteiger partial charge in [0, 0.05) is 12.5 Å². The highest BCUT2D eigenvalue weighted by molar-refractivity contribution is 5.43. The number of phenols is 2. The van der Waals surface area contributed by atoms with Crippen LogP contribution in [-0.4, -0.2) is 56.6 Å². The van der Waals surface area contributed by atoms with E-state index in [2.05, 4.69) is 19.0 Å². The van der Waals surface area contributed by atoms with Gasteiger partial charge in [-0.15, -0.1) is 0 Å². The Balaban J connectivity index is 1.84. The van der Waals surface area contributed by atoms with Crippen molar-refractivity contribution in [2.75, 3.05) is 41.5 Å². The lowest BCUT2D eigenvalue weighted by Crippen LogP contribution is -2.29. The number of nitrogens with zero attached hydrogens (tertiary/aromatic N) is 1. The second-order valence-corrected chi connectivity index (χ2v) is 7.58. The molecule has 152 valence electrons. The Morgan fingerprint density at radius 3 is 2.29 bits per heavy atom. The predicted octanol–water partition coefficient (Wildman–Crippen LogP) is 3.22. The third-order valence-corrected chi connectivity index (χ3v) is 5.33. The topological polar surface area (TPSA) is 71.4 Å². The zero-order valence-electron chi connectivity index (χ0n) is 16.9. The van der Waals surface area contributed by atoms with Crippen LogP contribution in [0.5, 0.6) is 23.0 Å².